The summed E-state index contributed by atoms with van der Waals surface area (Å²) in [5.74, 6) is -0.279. The molecule has 8 heteroatoms. The first-order chi connectivity index (χ1) is 15.7. The molecule has 0 fully saturated rings. The van der Waals surface area contributed by atoms with Gasteiger partial charge in [0.2, 0.25) is 0 Å². The van der Waals surface area contributed by atoms with Gasteiger partial charge < -0.3 is 9.88 Å². The molecule has 2 heterocycles. The minimum absolute atomic E-state index is 0.196. The first-order valence-corrected chi connectivity index (χ1v) is 12.8. The van der Waals surface area contributed by atoms with E-state index in [1.165, 1.54) is 23.5 Å². The van der Waals surface area contributed by atoms with Gasteiger partial charge in [-0.1, -0.05) is 18.2 Å². The number of carbonyl (C=O) groups excluding carboxylic acids is 2. The Morgan fingerprint density at radius 3 is 2.33 bits per heavy atom. The van der Waals surface area contributed by atoms with Crippen LogP contribution in [0.4, 0.5) is 5.69 Å². The van der Waals surface area contributed by atoms with Gasteiger partial charge in [-0.2, -0.15) is 0 Å². The smallest absolute Gasteiger partial charge is 0.257 e. The summed E-state index contributed by atoms with van der Waals surface area (Å²) in [6, 6.07) is 19.5. The summed E-state index contributed by atoms with van der Waals surface area (Å²) in [4.78, 5) is 26.0. The van der Waals surface area contributed by atoms with Gasteiger partial charge in [-0.05, 0) is 62.4 Å². The number of rotatable bonds is 6. The summed E-state index contributed by atoms with van der Waals surface area (Å²) in [6.45, 7) is 3.82. The quantitative estimate of drug-likeness (QED) is 0.382. The van der Waals surface area contributed by atoms with Gasteiger partial charge in [-0.3, -0.25) is 9.59 Å². The monoisotopic (exact) mass is 478 g/mol. The van der Waals surface area contributed by atoms with Crippen molar-refractivity contribution in [2.24, 2.45) is 0 Å². The zero-order chi connectivity index (χ0) is 23.8. The highest BCUT2D eigenvalue weighted by atomic mass is 32.2. The normalized spacial score (nSPS) is 11.4. The van der Waals surface area contributed by atoms with Crippen LogP contribution in [0, 0.1) is 13.8 Å². The molecule has 0 aliphatic rings. The molecule has 6 nitrogen and oxygen atoms in total. The predicted molar refractivity (Wildman–Crippen MR) is 131 cm³/mol. The maximum atomic E-state index is 13.0. The van der Waals surface area contributed by atoms with Gasteiger partial charge in [-0.25, -0.2) is 8.42 Å². The molecule has 0 saturated heterocycles. The maximum Gasteiger partial charge on any atom is 0.257 e. The molecular weight excluding hydrogens is 456 g/mol. The van der Waals surface area contributed by atoms with E-state index in [2.05, 4.69) is 5.32 Å². The van der Waals surface area contributed by atoms with Crippen LogP contribution < -0.4 is 5.32 Å². The first-order valence-electron chi connectivity index (χ1n) is 10.1. The van der Waals surface area contributed by atoms with E-state index in [0.717, 1.165) is 40.1 Å². The number of hydrogen-bond donors (Lipinski definition) is 1. The van der Waals surface area contributed by atoms with E-state index in [-0.39, 0.29) is 10.8 Å². The lowest BCUT2D eigenvalue weighted by atomic mass is 10.1. The molecule has 0 unspecified atom stereocenters. The molecule has 0 saturated carbocycles. The SMILES string of the molecule is Cc1cc(C(=O)Nc2ccc(S(C)(=O)=O)cc2)c(C)n1-c1ccccc1-c1ccc(C=O)s1. The van der Waals surface area contributed by atoms with E-state index in [0.29, 0.717) is 16.1 Å². The van der Waals surface area contributed by atoms with Crippen LogP contribution in [0.5, 0.6) is 0 Å². The van der Waals surface area contributed by atoms with E-state index in [1.807, 2.05) is 54.8 Å². The number of anilines is 1. The lowest BCUT2D eigenvalue weighted by Gasteiger charge is -2.14. The van der Waals surface area contributed by atoms with Crippen LogP contribution in [0.15, 0.2) is 71.6 Å². The number of amides is 1. The Morgan fingerprint density at radius 1 is 1.00 bits per heavy atom. The highest BCUT2D eigenvalue weighted by Crippen LogP contribution is 2.34. The van der Waals surface area contributed by atoms with Gasteiger partial charge >= 0.3 is 0 Å². The van der Waals surface area contributed by atoms with Gasteiger partial charge in [0, 0.05) is 33.8 Å². The molecule has 0 bridgehead atoms. The predicted octanol–water partition coefficient (Wildman–Crippen LogP) is 5.29. The average molecular weight is 479 g/mol. The Labute approximate surface area is 196 Å². The van der Waals surface area contributed by atoms with Crippen molar-refractivity contribution in [1.82, 2.24) is 4.57 Å². The third-order valence-electron chi connectivity index (χ3n) is 5.37. The van der Waals surface area contributed by atoms with Crippen LogP contribution in [-0.4, -0.2) is 31.4 Å². The molecule has 0 aliphatic carbocycles. The van der Waals surface area contributed by atoms with Gasteiger partial charge in [0.05, 0.1) is 21.0 Å². The van der Waals surface area contributed by atoms with Crippen LogP contribution in [0.1, 0.15) is 31.4 Å². The number of aldehydes is 1. The molecule has 1 amide bonds. The molecule has 1 N–H and O–H groups in total. The summed E-state index contributed by atoms with van der Waals surface area (Å²) >= 11 is 1.42. The van der Waals surface area contributed by atoms with Crippen molar-refractivity contribution < 1.29 is 18.0 Å². The minimum atomic E-state index is -3.30. The highest BCUT2D eigenvalue weighted by Gasteiger charge is 2.19. The number of aromatic nitrogens is 1. The van der Waals surface area contributed by atoms with Crippen molar-refractivity contribution in [2.45, 2.75) is 18.7 Å². The van der Waals surface area contributed by atoms with Crippen LogP contribution in [0.25, 0.3) is 16.1 Å². The van der Waals surface area contributed by atoms with Crippen LogP contribution in [0.2, 0.25) is 0 Å². The molecule has 0 radical (unpaired) electrons. The number of hydrogen-bond acceptors (Lipinski definition) is 5. The number of carbonyl (C=O) groups is 2. The number of nitrogens with zero attached hydrogens (tertiary/aromatic N) is 1. The second kappa shape index (κ2) is 8.80. The molecule has 0 aliphatic heterocycles. The summed E-state index contributed by atoms with van der Waals surface area (Å²) in [7, 11) is -3.30. The maximum absolute atomic E-state index is 13.0. The fourth-order valence-electron chi connectivity index (χ4n) is 3.79. The lowest BCUT2D eigenvalue weighted by molar-refractivity contribution is 0.102. The number of thiophene rings is 1. The highest BCUT2D eigenvalue weighted by molar-refractivity contribution is 7.90. The summed E-state index contributed by atoms with van der Waals surface area (Å²) in [6.07, 6.45) is 1.98. The second-order valence-corrected chi connectivity index (χ2v) is 10.8. The van der Waals surface area contributed by atoms with Gasteiger partial charge in [0.15, 0.2) is 16.1 Å². The van der Waals surface area contributed by atoms with E-state index < -0.39 is 9.84 Å². The Balaban J connectivity index is 1.68. The number of nitrogens with one attached hydrogen (secondary N) is 1. The van der Waals surface area contributed by atoms with Crippen LogP contribution in [0.3, 0.4) is 0 Å². The number of aryl methyl sites for hydroxylation is 1. The molecule has 0 spiro atoms. The van der Waals surface area contributed by atoms with Gasteiger partial charge in [0.1, 0.15) is 0 Å². The van der Waals surface area contributed by atoms with Gasteiger partial charge in [-0.15, -0.1) is 11.3 Å². The third-order valence-corrected chi connectivity index (χ3v) is 7.54. The molecule has 0 atom stereocenters. The zero-order valence-corrected chi connectivity index (χ0v) is 20.0. The first kappa shape index (κ1) is 22.7. The molecule has 4 aromatic rings. The number of para-hydroxylation sites is 1. The lowest BCUT2D eigenvalue weighted by Crippen LogP contribution is -2.13. The second-order valence-electron chi connectivity index (χ2n) is 7.71. The number of benzene rings is 2. The summed E-state index contributed by atoms with van der Waals surface area (Å²) in [5.41, 5.74) is 4.60. The zero-order valence-electron chi connectivity index (χ0n) is 18.3. The standard InChI is InChI=1S/C25H22N2O4S2/c1-16-14-22(25(29)26-18-8-11-20(12-9-18)33(3,30)31)17(2)27(16)23-7-5-4-6-21(23)24-13-10-19(15-28)32-24/h4-15H,1-3H3,(H,26,29). The van der Waals surface area contributed by atoms with Crippen molar-refractivity contribution in [3.05, 3.63) is 88.6 Å². The molecule has 168 valence electrons. The largest absolute Gasteiger partial charge is 0.322 e. The average Bonchev–Trinajstić information content (AvgIpc) is 3.37. The number of sulfone groups is 1. The van der Waals surface area contributed by atoms with E-state index in [4.69, 9.17) is 0 Å². The van der Waals surface area contributed by atoms with Crippen LogP contribution >= 0.6 is 11.3 Å². The molecule has 4 rings (SSSR count). The Hall–Kier alpha value is -3.49. The Morgan fingerprint density at radius 2 is 1.70 bits per heavy atom. The van der Waals surface area contributed by atoms with Crippen molar-refractivity contribution in [1.29, 1.82) is 0 Å². The third kappa shape index (κ3) is 4.53. The van der Waals surface area contributed by atoms with E-state index in [1.54, 1.807) is 18.2 Å². The fourth-order valence-corrected chi connectivity index (χ4v) is 5.27. The Kier molecular flexibility index (Phi) is 6.05. The fraction of sp³-hybridized carbons (Fsp3) is 0.120. The molecule has 2 aromatic heterocycles. The summed E-state index contributed by atoms with van der Waals surface area (Å²) < 4.78 is 25.3. The summed E-state index contributed by atoms with van der Waals surface area (Å²) in [5, 5.41) is 2.84. The van der Waals surface area contributed by atoms with E-state index in [9.17, 15) is 18.0 Å². The van der Waals surface area contributed by atoms with Crippen molar-refractivity contribution in [3.8, 4) is 16.1 Å². The molecular formula is C25H22N2O4S2. The van der Waals surface area contributed by atoms with Crippen molar-refractivity contribution in [3.63, 3.8) is 0 Å². The molecule has 33 heavy (non-hydrogen) atoms. The van der Waals surface area contributed by atoms with Crippen molar-refractivity contribution in [2.75, 3.05) is 11.6 Å². The Bertz CT molecular complexity index is 1460. The van der Waals surface area contributed by atoms with Crippen LogP contribution in [-0.2, 0) is 9.84 Å². The van der Waals surface area contributed by atoms with E-state index >= 15 is 0 Å². The topological polar surface area (TPSA) is 85.2 Å². The van der Waals surface area contributed by atoms with Crippen molar-refractivity contribution >= 4 is 39.1 Å². The molecule has 2 aromatic carbocycles. The minimum Gasteiger partial charge on any atom is -0.322 e. The van der Waals surface area contributed by atoms with Gasteiger partial charge in [0.25, 0.3) is 5.91 Å².